The van der Waals surface area contributed by atoms with Gasteiger partial charge in [0.2, 0.25) is 0 Å². The van der Waals surface area contributed by atoms with Crippen LogP contribution in [0.3, 0.4) is 0 Å². The molecule has 23 heavy (non-hydrogen) atoms. The van der Waals surface area contributed by atoms with E-state index in [1.54, 1.807) is 4.90 Å². The first-order valence-electron chi connectivity index (χ1n) is 7.75. The zero-order valence-corrected chi connectivity index (χ0v) is 13.4. The van der Waals surface area contributed by atoms with Crippen molar-refractivity contribution in [3.8, 4) is 0 Å². The fraction of sp³-hybridized carbons (Fsp3) is 0.733. The Hall–Kier alpha value is -1.57. The van der Waals surface area contributed by atoms with E-state index in [1.807, 2.05) is 13.8 Å². The van der Waals surface area contributed by atoms with Crippen LogP contribution in [0.15, 0.2) is 12.4 Å². The minimum Gasteiger partial charge on any atom is -0.375 e. The summed E-state index contributed by atoms with van der Waals surface area (Å²) in [6.07, 6.45) is -0.992. The van der Waals surface area contributed by atoms with Crippen molar-refractivity contribution in [2.45, 2.75) is 51.4 Å². The number of carbonyl (C=O) groups excluding carboxylic acids is 1. The third kappa shape index (κ3) is 4.95. The highest BCUT2D eigenvalue weighted by molar-refractivity contribution is 5.93. The standard InChI is InChI=1S/C15H22F3N3O2/c1-3-23-14(2)4-7-20(8-5-14)13(22)12-10-19-21(11-12)9-6-15(16,17)18/h10-11H,3-9H2,1-2H3. The Morgan fingerprint density at radius 2 is 2.04 bits per heavy atom. The van der Waals surface area contributed by atoms with Crippen molar-refractivity contribution < 1.29 is 22.7 Å². The lowest BCUT2D eigenvalue weighted by atomic mass is 9.93. The van der Waals surface area contributed by atoms with E-state index in [1.165, 1.54) is 12.4 Å². The second-order valence-corrected chi connectivity index (χ2v) is 6.03. The molecule has 130 valence electrons. The van der Waals surface area contributed by atoms with Crippen molar-refractivity contribution in [3.05, 3.63) is 18.0 Å². The number of carbonyl (C=O) groups is 1. The van der Waals surface area contributed by atoms with Gasteiger partial charge in [-0.05, 0) is 26.7 Å². The predicted octanol–water partition coefficient (Wildman–Crippen LogP) is 2.87. The van der Waals surface area contributed by atoms with Crippen LogP contribution >= 0.6 is 0 Å². The highest BCUT2D eigenvalue weighted by atomic mass is 19.4. The Morgan fingerprint density at radius 1 is 1.39 bits per heavy atom. The highest BCUT2D eigenvalue weighted by Gasteiger charge is 2.33. The van der Waals surface area contributed by atoms with Gasteiger partial charge in [0.1, 0.15) is 0 Å². The second-order valence-electron chi connectivity index (χ2n) is 6.03. The van der Waals surface area contributed by atoms with Crippen molar-refractivity contribution in [1.29, 1.82) is 0 Å². The fourth-order valence-corrected chi connectivity index (χ4v) is 2.70. The van der Waals surface area contributed by atoms with Crippen molar-refractivity contribution >= 4 is 5.91 Å². The van der Waals surface area contributed by atoms with Gasteiger partial charge in [0, 0.05) is 32.4 Å². The smallest absolute Gasteiger partial charge is 0.375 e. The van der Waals surface area contributed by atoms with Crippen LogP contribution in [0.1, 0.15) is 43.5 Å². The van der Waals surface area contributed by atoms with Gasteiger partial charge in [-0.3, -0.25) is 9.48 Å². The van der Waals surface area contributed by atoms with Crippen LogP contribution in [-0.4, -0.2) is 52.1 Å². The molecule has 8 heteroatoms. The summed E-state index contributed by atoms with van der Waals surface area (Å²) in [7, 11) is 0. The van der Waals surface area contributed by atoms with Gasteiger partial charge in [-0.25, -0.2) is 0 Å². The van der Waals surface area contributed by atoms with Crippen molar-refractivity contribution in [2.75, 3.05) is 19.7 Å². The van der Waals surface area contributed by atoms with Gasteiger partial charge >= 0.3 is 6.18 Å². The zero-order chi connectivity index (χ0) is 17.1. The SMILES string of the molecule is CCOC1(C)CCN(C(=O)c2cnn(CCC(F)(F)F)c2)CC1. The maximum atomic E-state index is 12.4. The Balaban J connectivity index is 1.91. The molecule has 0 aromatic carbocycles. The molecule has 0 saturated carbocycles. The predicted molar refractivity (Wildman–Crippen MR) is 78.1 cm³/mol. The molecular weight excluding hydrogens is 311 g/mol. The topological polar surface area (TPSA) is 47.4 Å². The van der Waals surface area contributed by atoms with E-state index in [0.29, 0.717) is 25.3 Å². The maximum Gasteiger partial charge on any atom is 0.390 e. The van der Waals surface area contributed by atoms with Crippen LogP contribution in [0.5, 0.6) is 0 Å². The first kappa shape index (κ1) is 17.8. The van der Waals surface area contributed by atoms with Gasteiger partial charge < -0.3 is 9.64 Å². The number of nitrogens with zero attached hydrogens (tertiary/aromatic N) is 3. The van der Waals surface area contributed by atoms with Crippen molar-refractivity contribution in [2.24, 2.45) is 0 Å². The average molecular weight is 333 g/mol. The molecule has 1 fully saturated rings. The largest absolute Gasteiger partial charge is 0.390 e. The van der Waals surface area contributed by atoms with Gasteiger partial charge in [0.25, 0.3) is 5.91 Å². The van der Waals surface area contributed by atoms with Crippen LogP contribution in [-0.2, 0) is 11.3 Å². The number of halogens is 3. The Morgan fingerprint density at radius 3 is 2.61 bits per heavy atom. The lowest BCUT2D eigenvalue weighted by Crippen LogP contribution is -2.46. The number of piperidine rings is 1. The van der Waals surface area contributed by atoms with Crippen LogP contribution in [0.2, 0.25) is 0 Å². The Kier molecular flexibility index (Phi) is 5.33. The molecule has 1 aromatic rings. The molecule has 0 bridgehead atoms. The minimum atomic E-state index is -4.23. The van der Waals surface area contributed by atoms with Crippen LogP contribution in [0, 0.1) is 0 Å². The van der Waals surface area contributed by atoms with E-state index in [0.717, 1.165) is 17.5 Å². The monoisotopic (exact) mass is 333 g/mol. The zero-order valence-electron chi connectivity index (χ0n) is 13.4. The van der Waals surface area contributed by atoms with Gasteiger partial charge in [0.15, 0.2) is 0 Å². The molecule has 0 N–H and O–H groups in total. The summed E-state index contributed by atoms with van der Waals surface area (Å²) in [4.78, 5) is 14.1. The second kappa shape index (κ2) is 6.90. The summed E-state index contributed by atoms with van der Waals surface area (Å²) in [6.45, 7) is 5.48. The minimum absolute atomic E-state index is 0.193. The molecule has 1 aliphatic rings. The number of aromatic nitrogens is 2. The van der Waals surface area contributed by atoms with E-state index in [2.05, 4.69) is 5.10 Å². The number of ether oxygens (including phenoxy) is 1. The quantitative estimate of drug-likeness (QED) is 0.832. The van der Waals surface area contributed by atoms with Crippen LogP contribution in [0.25, 0.3) is 0 Å². The number of aryl methyl sites for hydroxylation is 1. The van der Waals surface area contributed by atoms with Gasteiger partial charge in [-0.2, -0.15) is 18.3 Å². The molecule has 0 atom stereocenters. The van der Waals surface area contributed by atoms with Crippen molar-refractivity contribution in [1.82, 2.24) is 14.7 Å². The summed E-state index contributed by atoms with van der Waals surface area (Å²) in [6, 6.07) is 0. The summed E-state index contributed by atoms with van der Waals surface area (Å²) < 4.78 is 43.5. The molecule has 1 aromatic heterocycles. The van der Waals surface area contributed by atoms with E-state index in [-0.39, 0.29) is 18.1 Å². The third-order valence-corrected chi connectivity index (χ3v) is 4.11. The number of rotatable bonds is 5. The van der Waals surface area contributed by atoms with E-state index in [9.17, 15) is 18.0 Å². The summed E-state index contributed by atoms with van der Waals surface area (Å²) in [5.74, 6) is -0.193. The van der Waals surface area contributed by atoms with E-state index >= 15 is 0 Å². The highest BCUT2D eigenvalue weighted by Crippen LogP contribution is 2.26. The summed E-state index contributed by atoms with van der Waals surface area (Å²) in [5.41, 5.74) is 0.120. The Labute approximate surface area is 133 Å². The van der Waals surface area contributed by atoms with Gasteiger partial charge in [0.05, 0.1) is 23.8 Å². The number of alkyl halides is 3. The van der Waals surface area contributed by atoms with Crippen LogP contribution in [0.4, 0.5) is 13.2 Å². The average Bonchev–Trinajstić information content (AvgIpc) is 2.93. The summed E-state index contributed by atoms with van der Waals surface area (Å²) in [5, 5.41) is 3.84. The van der Waals surface area contributed by atoms with E-state index in [4.69, 9.17) is 4.74 Å². The summed E-state index contributed by atoms with van der Waals surface area (Å²) >= 11 is 0. The fourth-order valence-electron chi connectivity index (χ4n) is 2.70. The van der Waals surface area contributed by atoms with Gasteiger partial charge in [-0.1, -0.05) is 0 Å². The molecule has 1 amide bonds. The van der Waals surface area contributed by atoms with Crippen LogP contribution < -0.4 is 0 Å². The number of likely N-dealkylation sites (tertiary alicyclic amines) is 1. The molecule has 1 aliphatic heterocycles. The first-order chi connectivity index (χ1) is 10.7. The lowest BCUT2D eigenvalue weighted by molar-refractivity contribution is -0.137. The molecule has 2 rings (SSSR count). The first-order valence-corrected chi connectivity index (χ1v) is 7.75. The van der Waals surface area contributed by atoms with Crippen molar-refractivity contribution in [3.63, 3.8) is 0 Å². The number of hydrogen-bond donors (Lipinski definition) is 0. The molecular formula is C15H22F3N3O2. The molecule has 0 radical (unpaired) electrons. The molecule has 5 nitrogen and oxygen atoms in total. The third-order valence-electron chi connectivity index (χ3n) is 4.11. The lowest BCUT2D eigenvalue weighted by Gasteiger charge is -2.39. The molecule has 0 spiro atoms. The van der Waals surface area contributed by atoms with E-state index < -0.39 is 12.6 Å². The number of hydrogen-bond acceptors (Lipinski definition) is 3. The van der Waals surface area contributed by atoms with Gasteiger partial charge in [-0.15, -0.1) is 0 Å². The molecule has 0 unspecified atom stereocenters. The normalized spacial score (nSPS) is 18.2. The Bertz CT molecular complexity index is 534. The molecule has 0 aliphatic carbocycles. The number of amides is 1. The molecule has 2 heterocycles. The maximum absolute atomic E-state index is 12.4. The molecule has 1 saturated heterocycles.